The maximum absolute atomic E-state index is 11.9. The molecule has 5 heteroatoms. The lowest BCUT2D eigenvalue weighted by Gasteiger charge is -2.17. The smallest absolute Gasteiger partial charge is 0.328 e. The van der Waals surface area contributed by atoms with E-state index < -0.39 is 12.0 Å². The van der Waals surface area contributed by atoms with Gasteiger partial charge < -0.3 is 10.1 Å². The molecule has 0 heterocycles. The zero-order chi connectivity index (χ0) is 14.3. The monoisotopic (exact) mass is 260 g/mol. The van der Waals surface area contributed by atoms with E-state index in [-0.39, 0.29) is 18.2 Å². The number of nitrogens with zero attached hydrogens (tertiary/aromatic N) is 1. The third-order valence-corrected chi connectivity index (χ3v) is 2.64. The second-order valence-electron chi connectivity index (χ2n) is 4.18. The summed E-state index contributed by atoms with van der Waals surface area (Å²) in [5.41, 5.74) is 0.459. The number of carbonyl (C=O) groups excluding carboxylic acids is 2. The van der Waals surface area contributed by atoms with Crippen molar-refractivity contribution in [2.45, 2.75) is 19.4 Å². The van der Waals surface area contributed by atoms with Gasteiger partial charge in [-0.2, -0.15) is 5.26 Å². The van der Waals surface area contributed by atoms with Gasteiger partial charge in [0.1, 0.15) is 6.04 Å². The number of esters is 1. The van der Waals surface area contributed by atoms with Crippen molar-refractivity contribution in [2.24, 2.45) is 5.92 Å². The van der Waals surface area contributed by atoms with E-state index in [0.29, 0.717) is 5.56 Å². The average molecular weight is 260 g/mol. The summed E-state index contributed by atoms with van der Waals surface area (Å²) in [5, 5.41) is 11.4. The molecule has 1 aromatic carbocycles. The van der Waals surface area contributed by atoms with E-state index in [1.54, 1.807) is 37.3 Å². The van der Waals surface area contributed by atoms with Gasteiger partial charge in [-0.25, -0.2) is 4.79 Å². The van der Waals surface area contributed by atoms with Crippen LogP contribution in [0.5, 0.6) is 0 Å². The van der Waals surface area contributed by atoms with Crippen LogP contribution >= 0.6 is 0 Å². The predicted octanol–water partition coefficient (Wildman–Crippen LogP) is 1.51. The SMILES string of the molecule is COC(=O)[C@@H](C[C@H](C)C#N)NC(=O)c1ccccc1. The minimum atomic E-state index is -0.813. The number of benzene rings is 1. The van der Waals surface area contributed by atoms with Crippen LogP contribution in [0.2, 0.25) is 0 Å². The Morgan fingerprint density at radius 3 is 2.53 bits per heavy atom. The summed E-state index contributed by atoms with van der Waals surface area (Å²) in [7, 11) is 1.25. The highest BCUT2D eigenvalue weighted by Crippen LogP contribution is 2.08. The van der Waals surface area contributed by atoms with Crippen molar-refractivity contribution < 1.29 is 14.3 Å². The second kappa shape index (κ2) is 7.17. The van der Waals surface area contributed by atoms with E-state index in [9.17, 15) is 9.59 Å². The lowest BCUT2D eigenvalue weighted by molar-refractivity contribution is -0.143. The quantitative estimate of drug-likeness (QED) is 0.814. The van der Waals surface area contributed by atoms with Gasteiger partial charge >= 0.3 is 5.97 Å². The minimum absolute atomic E-state index is 0.224. The van der Waals surface area contributed by atoms with Crippen LogP contribution in [-0.4, -0.2) is 25.0 Å². The lowest BCUT2D eigenvalue weighted by Crippen LogP contribution is -2.42. The molecule has 0 unspecified atom stereocenters. The Kier molecular flexibility index (Phi) is 5.55. The molecule has 1 N–H and O–H groups in total. The molecule has 0 aliphatic heterocycles. The number of hydrogen-bond acceptors (Lipinski definition) is 4. The van der Waals surface area contributed by atoms with Gasteiger partial charge in [-0.05, 0) is 25.5 Å². The first-order chi connectivity index (χ1) is 9.08. The molecule has 0 saturated carbocycles. The van der Waals surface area contributed by atoms with Gasteiger partial charge in [0.15, 0.2) is 0 Å². The Morgan fingerprint density at radius 1 is 1.37 bits per heavy atom. The highest BCUT2D eigenvalue weighted by molar-refractivity contribution is 5.96. The van der Waals surface area contributed by atoms with Crippen LogP contribution < -0.4 is 5.32 Å². The Bertz CT molecular complexity index is 479. The molecular formula is C14H16N2O3. The van der Waals surface area contributed by atoms with E-state index in [0.717, 1.165) is 0 Å². The molecule has 1 rings (SSSR count). The normalized spacial score (nSPS) is 12.9. The van der Waals surface area contributed by atoms with Crippen LogP contribution in [0.25, 0.3) is 0 Å². The molecule has 1 amide bonds. The van der Waals surface area contributed by atoms with Gasteiger partial charge in [-0.3, -0.25) is 4.79 Å². The third-order valence-electron chi connectivity index (χ3n) is 2.64. The van der Waals surface area contributed by atoms with Crippen LogP contribution in [0.3, 0.4) is 0 Å². The van der Waals surface area contributed by atoms with Crippen molar-refractivity contribution in [1.29, 1.82) is 5.26 Å². The molecule has 0 spiro atoms. The number of ether oxygens (including phenoxy) is 1. The van der Waals surface area contributed by atoms with Crippen LogP contribution in [0.1, 0.15) is 23.7 Å². The van der Waals surface area contributed by atoms with Crippen LogP contribution in [0.4, 0.5) is 0 Å². The van der Waals surface area contributed by atoms with Crippen LogP contribution in [0, 0.1) is 17.2 Å². The molecule has 0 bridgehead atoms. The molecule has 0 aliphatic rings. The zero-order valence-electron chi connectivity index (χ0n) is 10.9. The second-order valence-corrected chi connectivity index (χ2v) is 4.18. The number of methoxy groups -OCH3 is 1. The molecule has 0 aromatic heterocycles. The largest absolute Gasteiger partial charge is 0.467 e. The molecule has 100 valence electrons. The van der Waals surface area contributed by atoms with Gasteiger partial charge in [-0.1, -0.05) is 18.2 Å². The number of hydrogen-bond donors (Lipinski definition) is 1. The van der Waals surface area contributed by atoms with Gasteiger partial charge in [0.05, 0.1) is 13.2 Å². The Morgan fingerprint density at radius 2 is 2.00 bits per heavy atom. The van der Waals surface area contributed by atoms with Crippen molar-refractivity contribution in [2.75, 3.05) is 7.11 Å². The van der Waals surface area contributed by atoms with Crippen LogP contribution in [-0.2, 0) is 9.53 Å². The van der Waals surface area contributed by atoms with E-state index in [4.69, 9.17) is 5.26 Å². The topological polar surface area (TPSA) is 79.2 Å². The number of nitriles is 1. The van der Waals surface area contributed by atoms with E-state index >= 15 is 0 Å². The molecule has 0 radical (unpaired) electrons. The average Bonchev–Trinajstić information content (AvgIpc) is 2.46. The first kappa shape index (κ1) is 14.7. The molecule has 0 aliphatic carbocycles. The summed E-state index contributed by atoms with van der Waals surface area (Å²) in [6, 6.07) is 9.79. The van der Waals surface area contributed by atoms with Crippen molar-refractivity contribution in [3.8, 4) is 6.07 Å². The van der Waals surface area contributed by atoms with Crippen LogP contribution in [0.15, 0.2) is 30.3 Å². The van der Waals surface area contributed by atoms with E-state index in [2.05, 4.69) is 10.1 Å². The molecule has 19 heavy (non-hydrogen) atoms. The van der Waals surface area contributed by atoms with Gasteiger partial charge in [0.2, 0.25) is 0 Å². The number of amides is 1. The Labute approximate surface area is 112 Å². The third kappa shape index (κ3) is 4.43. The first-order valence-electron chi connectivity index (χ1n) is 5.91. The van der Waals surface area contributed by atoms with Crippen molar-refractivity contribution in [1.82, 2.24) is 5.32 Å². The first-order valence-corrected chi connectivity index (χ1v) is 5.91. The highest BCUT2D eigenvalue weighted by Gasteiger charge is 2.24. The summed E-state index contributed by atoms with van der Waals surface area (Å²) in [4.78, 5) is 23.5. The molecule has 5 nitrogen and oxygen atoms in total. The standard InChI is InChI=1S/C14H16N2O3/c1-10(9-15)8-12(14(18)19-2)16-13(17)11-6-4-3-5-7-11/h3-7,10,12H,8H2,1-2H3,(H,16,17)/t10-,12+/m0/s1. The summed E-state index contributed by atoms with van der Waals surface area (Å²) in [6.07, 6.45) is 0.224. The number of carbonyl (C=O) groups is 2. The molecule has 0 saturated heterocycles. The van der Waals surface area contributed by atoms with Crippen molar-refractivity contribution in [3.63, 3.8) is 0 Å². The number of nitrogens with one attached hydrogen (secondary N) is 1. The van der Waals surface area contributed by atoms with E-state index in [1.165, 1.54) is 7.11 Å². The summed E-state index contributed by atoms with van der Waals surface area (Å²) < 4.78 is 4.63. The molecule has 0 fully saturated rings. The molecule has 1 aromatic rings. The zero-order valence-corrected chi connectivity index (χ0v) is 10.9. The fourth-order valence-corrected chi connectivity index (χ4v) is 1.59. The lowest BCUT2D eigenvalue weighted by atomic mass is 10.0. The minimum Gasteiger partial charge on any atom is -0.467 e. The maximum atomic E-state index is 11.9. The van der Waals surface area contributed by atoms with Crippen molar-refractivity contribution in [3.05, 3.63) is 35.9 Å². The van der Waals surface area contributed by atoms with Gasteiger partial charge in [-0.15, -0.1) is 0 Å². The number of rotatable bonds is 5. The van der Waals surface area contributed by atoms with Gasteiger partial charge in [0.25, 0.3) is 5.91 Å². The van der Waals surface area contributed by atoms with Gasteiger partial charge in [0, 0.05) is 11.5 Å². The van der Waals surface area contributed by atoms with E-state index in [1.807, 2.05) is 6.07 Å². The summed E-state index contributed by atoms with van der Waals surface area (Å²) in [6.45, 7) is 1.69. The maximum Gasteiger partial charge on any atom is 0.328 e. The summed E-state index contributed by atoms with van der Waals surface area (Å²) in [5.74, 6) is -1.26. The van der Waals surface area contributed by atoms with Crippen molar-refractivity contribution >= 4 is 11.9 Å². The summed E-state index contributed by atoms with van der Waals surface area (Å²) >= 11 is 0. The Hall–Kier alpha value is -2.35. The fourth-order valence-electron chi connectivity index (χ4n) is 1.59. The molecular weight excluding hydrogens is 244 g/mol. The molecule has 2 atom stereocenters. The fraction of sp³-hybridized carbons (Fsp3) is 0.357. The Balaban J connectivity index is 2.75. The predicted molar refractivity (Wildman–Crippen MR) is 69.1 cm³/mol. The highest BCUT2D eigenvalue weighted by atomic mass is 16.5.